The summed E-state index contributed by atoms with van der Waals surface area (Å²) in [6.45, 7) is 5.69. The summed E-state index contributed by atoms with van der Waals surface area (Å²) >= 11 is 1.41. The van der Waals surface area contributed by atoms with E-state index in [-0.39, 0.29) is 12.6 Å². The summed E-state index contributed by atoms with van der Waals surface area (Å²) < 4.78 is 4.89. The van der Waals surface area contributed by atoms with Gasteiger partial charge in [-0.2, -0.15) is 0 Å². The number of carbonyl (C=O) groups excluding carboxylic acids is 3. The summed E-state index contributed by atoms with van der Waals surface area (Å²) in [4.78, 5) is 40.1. The first kappa shape index (κ1) is 23.3. The maximum Gasteiger partial charge on any atom is 0.330 e. The van der Waals surface area contributed by atoms with Crippen LogP contribution in [0.4, 0.5) is 0 Å². The van der Waals surface area contributed by atoms with Gasteiger partial charge >= 0.3 is 5.97 Å². The standard InChI is InChI=1S/C25H28N2O5S/c1-15(17-12-8-5-9-13-17)26-21(29)19(28)18-22(30)27-20(25(2,3)33-23(18)27)24(31)32-14-16-10-6-4-7-11-16/h4-13,15,18-20,23,28H,14H2,1-3H3,(H,26,29)/t15-,18+,19-,20-,23+/m0/s1. The van der Waals surface area contributed by atoms with E-state index in [1.807, 2.05) is 81.4 Å². The van der Waals surface area contributed by atoms with Gasteiger partial charge in [-0.05, 0) is 31.9 Å². The molecule has 0 bridgehead atoms. The normalized spacial score (nSPS) is 24.9. The van der Waals surface area contributed by atoms with Crippen LogP contribution in [0, 0.1) is 5.92 Å². The van der Waals surface area contributed by atoms with Gasteiger partial charge in [0, 0.05) is 4.75 Å². The smallest absolute Gasteiger partial charge is 0.330 e. The number of esters is 1. The van der Waals surface area contributed by atoms with E-state index in [1.165, 1.54) is 16.7 Å². The second-order valence-corrected chi connectivity index (χ2v) is 10.7. The van der Waals surface area contributed by atoms with Gasteiger partial charge in [0.1, 0.15) is 24.7 Å². The molecule has 0 unspecified atom stereocenters. The molecule has 4 rings (SSSR count). The highest BCUT2D eigenvalue weighted by Gasteiger charge is 2.66. The molecule has 2 fully saturated rings. The minimum Gasteiger partial charge on any atom is -0.459 e. The number of rotatable bonds is 7. The number of aliphatic hydroxyl groups excluding tert-OH is 1. The van der Waals surface area contributed by atoms with Crippen LogP contribution in [0.1, 0.15) is 37.9 Å². The summed E-state index contributed by atoms with van der Waals surface area (Å²) in [5.41, 5.74) is 1.76. The van der Waals surface area contributed by atoms with Gasteiger partial charge in [0.15, 0.2) is 0 Å². The Kier molecular flexibility index (Phi) is 6.50. The molecule has 2 amide bonds. The van der Waals surface area contributed by atoms with Crippen molar-refractivity contribution in [2.24, 2.45) is 5.92 Å². The van der Waals surface area contributed by atoms with Gasteiger partial charge in [0.05, 0.1) is 11.4 Å². The first-order valence-corrected chi connectivity index (χ1v) is 11.8. The largest absolute Gasteiger partial charge is 0.459 e. The summed E-state index contributed by atoms with van der Waals surface area (Å²) in [6.07, 6.45) is -1.49. The highest BCUT2D eigenvalue weighted by molar-refractivity contribution is 8.01. The summed E-state index contributed by atoms with van der Waals surface area (Å²) in [7, 11) is 0. The van der Waals surface area contributed by atoms with E-state index in [0.29, 0.717) is 0 Å². The Labute approximate surface area is 197 Å². The van der Waals surface area contributed by atoms with Crippen molar-refractivity contribution in [3.63, 3.8) is 0 Å². The Bertz CT molecular complexity index is 1030. The molecule has 8 heteroatoms. The van der Waals surface area contributed by atoms with Crippen molar-refractivity contribution < 1.29 is 24.2 Å². The quantitative estimate of drug-likeness (QED) is 0.479. The number of thioether (sulfide) groups is 1. The Morgan fingerprint density at radius 3 is 2.36 bits per heavy atom. The SMILES string of the molecule is C[C@H](NC(=O)[C@@H](O)[C@@H]1C(=O)N2[C@@H]1SC(C)(C)[C@@H]2C(=O)OCc1ccccc1)c1ccccc1. The minimum atomic E-state index is -1.49. The fourth-order valence-corrected chi connectivity index (χ4v) is 6.12. The molecule has 2 heterocycles. The maximum absolute atomic E-state index is 13.0. The number of hydrogen-bond donors (Lipinski definition) is 2. The van der Waals surface area contributed by atoms with E-state index >= 15 is 0 Å². The van der Waals surface area contributed by atoms with Gasteiger partial charge in [-0.25, -0.2) is 4.79 Å². The molecule has 2 aromatic carbocycles. The van der Waals surface area contributed by atoms with Crippen LogP contribution in [0.25, 0.3) is 0 Å². The molecule has 2 saturated heterocycles. The van der Waals surface area contributed by atoms with Gasteiger partial charge in [0.2, 0.25) is 11.8 Å². The van der Waals surface area contributed by atoms with Crippen LogP contribution in [0.3, 0.4) is 0 Å². The van der Waals surface area contributed by atoms with Gasteiger partial charge < -0.3 is 20.1 Å². The number of nitrogens with zero attached hydrogens (tertiary/aromatic N) is 1. The van der Waals surface area contributed by atoms with Crippen molar-refractivity contribution in [1.82, 2.24) is 10.2 Å². The molecule has 2 N–H and O–H groups in total. The minimum absolute atomic E-state index is 0.120. The number of carbonyl (C=O) groups is 3. The molecule has 33 heavy (non-hydrogen) atoms. The first-order valence-electron chi connectivity index (χ1n) is 10.9. The average molecular weight is 469 g/mol. The number of hydrogen-bond acceptors (Lipinski definition) is 6. The summed E-state index contributed by atoms with van der Waals surface area (Å²) in [5.74, 6) is -2.39. The Morgan fingerprint density at radius 2 is 1.73 bits per heavy atom. The van der Waals surface area contributed by atoms with Crippen LogP contribution < -0.4 is 5.32 Å². The van der Waals surface area contributed by atoms with Crippen molar-refractivity contribution in [1.29, 1.82) is 0 Å². The van der Waals surface area contributed by atoms with Gasteiger partial charge in [-0.1, -0.05) is 60.7 Å². The molecule has 7 nitrogen and oxygen atoms in total. The van der Waals surface area contributed by atoms with Crippen LogP contribution in [0.15, 0.2) is 60.7 Å². The number of nitrogens with one attached hydrogen (secondary N) is 1. The second kappa shape index (κ2) is 9.19. The third kappa shape index (κ3) is 4.50. The maximum atomic E-state index is 13.0. The summed E-state index contributed by atoms with van der Waals surface area (Å²) in [6, 6.07) is 17.6. The second-order valence-electron chi connectivity index (χ2n) is 8.96. The Hall–Kier alpha value is -2.84. The van der Waals surface area contributed by atoms with E-state index in [2.05, 4.69) is 5.32 Å². The van der Waals surface area contributed by atoms with Crippen LogP contribution in [-0.2, 0) is 25.7 Å². The Balaban J connectivity index is 1.41. The highest BCUT2D eigenvalue weighted by Crippen LogP contribution is 2.54. The Morgan fingerprint density at radius 1 is 1.12 bits per heavy atom. The topological polar surface area (TPSA) is 95.9 Å². The molecule has 0 saturated carbocycles. The number of fused-ring (bicyclic) bond motifs is 1. The third-order valence-electron chi connectivity index (χ3n) is 6.20. The van der Waals surface area contributed by atoms with E-state index < -0.39 is 46.0 Å². The molecule has 0 aromatic heterocycles. The lowest BCUT2D eigenvalue weighted by Gasteiger charge is -2.45. The van der Waals surface area contributed by atoms with Crippen LogP contribution in [0.5, 0.6) is 0 Å². The molecule has 2 aliphatic rings. The average Bonchev–Trinajstić information content (AvgIpc) is 3.05. The lowest BCUT2D eigenvalue weighted by atomic mass is 9.87. The number of benzene rings is 2. The lowest BCUT2D eigenvalue weighted by Crippen LogP contribution is -2.67. The van der Waals surface area contributed by atoms with Crippen LogP contribution in [0.2, 0.25) is 0 Å². The molecule has 0 radical (unpaired) electrons. The molecular weight excluding hydrogens is 440 g/mol. The number of amides is 2. The van der Waals surface area contributed by atoms with E-state index in [1.54, 1.807) is 0 Å². The first-order chi connectivity index (χ1) is 15.7. The molecule has 2 aliphatic heterocycles. The lowest BCUT2D eigenvalue weighted by molar-refractivity contribution is -0.173. The number of β-lactam (4-membered cyclic amide) rings is 1. The zero-order chi connectivity index (χ0) is 23.8. The van der Waals surface area contributed by atoms with E-state index in [4.69, 9.17) is 4.74 Å². The fourth-order valence-electron chi connectivity index (χ4n) is 4.41. The van der Waals surface area contributed by atoms with Crippen molar-refractivity contribution >= 4 is 29.5 Å². The summed E-state index contributed by atoms with van der Waals surface area (Å²) in [5, 5.41) is 13.0. The van der Waals surface area contributed by atoms with Crippen LogP contribution >= 0.6 is 11.8 Å². The highest BCUT2D eigenvalue weighted by atomic mass is 32.2. The molecular formula is C25H28N2O5S. The van der Waals surface area contributed by atoms with Gasteiger partial charge in [-0.15, -0.1) is 11.8 Å². The monoisotopic (exact) mass is 468 g/mol. The molecule has 174 valence electrons. The molecule has 0 spiro atoms. The van der Waals surface area contributed by atoms with E-state index in [9.17, 15) is 19.5 Å². The zero-order valence-corrected chi connectivity index (χ0v) is 19.6. The zero-order valence-electron chi connectivity index (χ0n) is 18.8. The van der Waals surface area contributed by atoms with Crippen molar-refractivity contribution in [2.45, 2.75) is 55.7 Å². The van der Waals surface area contributed by atoms with Crippen molar-refractivity contribution in [3.05, 3.63) is 71.8 Å². The van der Waals surface area contributed by atoms with Gasteiger partial charge in [-0.3, -0.25) is 9.59 Å². The fraction of sp³-hybridized carbons (Fsp3) is 0.400. The van der Waals surface area contributed by atoms with Crippen molar-refractivity contribution in [3.8, 4) is 0 Å². The van der Waals surface area contributed by atoms with Crippen LogP contribution in [-0.4, -0.2) is 50.1 Å². The predicted octanol–water partition coefficient (Wildman–Crippen LogP) is 2.65. The van der Waals surface area contributed by atoms with Gasteiger partial charge in [0.25, 0.3) is 0 Å². The molecule has 0 aliphatic carbocycles. The number of aliphatic hydroxyl groups is 1. The predicted molar refractivity (Wildman–Crippen MR) is 125 cm³/mol. The third-order valence-corrected chi connectivity index (χ3v) is 7.79. The van der Waals surface area contributed by atoms with Crippen molar-refractivity contribution in [2.75, 3.05) is 0 Å². The molecule has 5 atom stereocenters. The molecule has 2 aromatic rings. The number of ether oxygens (including phenoxy) is 1. The van der Waals surface area contributed by atoms with E-state index in [0.717, 1.165) is 11.1 Å².